The lowest BCUT2D eigenvalue weighted by Gasteiger charge is -2.28. The van der Waals surface area contributed by atoms with Crippen LogP contribution in [0.2, 0.25) is 0 Å². The molecular weight excluding hydrogens is 134 g/mol. The molecule has 0 heterocycles. The third-order valence-corrected chi connectivity index (χ3v) is 2.51. The predicted molar refractivity (Wildman–Crippen MR) is 49.7 cm³/mol. The van der Waals surface area contributed by atoms with Crippen molar-refractivity contribution < 1.29 is 0 Å². The van der Waals surface area contributed by atoms with Gasteiger partial charge in [0.1, 0.15) is 0 Å². The number of allylic oxidation sites excluding steroid dienone is 1. The summed E-state index contributed by atoms with van der Waals surface area (Å²) >= 11 is 0. The van der Waals surface area contributed by atoms with E-state index in [1.165, 1.54) is 32.4 Å². The molecule has 1 aliphatic carbocycles. The molecule has 0 aliphatic heterocycles. The molecule has 64 valence electrons. The zero-order chi connectivity index (χ0) is 8.10. The van der Waals surface area contributed by atoms with Crippen molar-refractivity contribution in [2.45, 2.75) is 39.2 Å². The first-order valence-corrected chi connectivity index (χ1v) is 4.79. The van der Waals surface area contributed by atoms with E-state index >= 15 is 0 Å². The highest BCUT2D eigenvalue weighted by Crippen LogP contribution is 2.15. The molecular formula is C10H19N. The van der Waals surface area contributed by atoms with Gasteiger partial charge in [-0.3, -0.25) is 4.90 Å². The van der Waals surface area contributed by atoms with E-state index in [1.807, 2.05) is 0 Å². The Morgan fingerprint density at radius 2 is 2.09 bits per heavy atom. The highest BCUT2D eigenvalue weighted by atomic mass is 15.1. The molecule has 1 heteroatoms. The molecule has 0 amide bonds. The van der Waals surface area contributed by atoms with E-state index in [0.717, 1.165) is 6.04 Å². The Balaban J connectivity index is 2.42. The van der Waals surface area contributed by atoms with Crippen LogP contribution >= 0.6 is 0 Å². The molecule has 1 rings (SSSR count). The summed E-state index contributed by atoms with van der Waals surface area (Å²) in [7, 11) is 0. The second kappa shape index (κ2) is 4.55. The van der Waals surface area contributed by atoms with Crippen LogP contribution in [-0.4, -0.2) is 24.0 Å². The van der Waals surface area contributed by atoms with Gasteiger partial charge < -0.3 is 0 Å². The third-order valence-electron chi connectivity index (χ3n) is 2.51. The van der Waals surface area contributed by atoms with Crippen molar-refractivity contribution in [2.24, 2.45) is 0 Å². The quantitative estimate of drug-likeness (QED) is 0.563. The predicted octanol–water partition coefficient (Wildman–Crippen LogP) is 2.44. The van der Waals surface area contributed by atoms with E-state index in [2.05, 4.69) is 30.9 Å². The maximum absolute atomic E-state index is 2.52. The summed E-state index contributed by atoms with van der Waals surface area (Å²) in [6.45, 7) is 6.86. The molecule has 0 aromatic rings. The van der Waals surface area contributed by atoms with Gasteiger partial charge in [0.25, 0.3) is 0 Å². The van der Waals surface area contributed by atoms with E-state index in [9.17, 15) is 0 Å². The van der Waals surface area contributed by atoms with Gasteiger partial charge in [-0.15, -0.1) is 0 Å². The topological polar surface area (TPSA) is 3.24 Å². The van der Waals surface area contributed by atoms with Crippen LogP contribution in [0.3, 0.4) is 0 Å². The molecule has 1 nitrogen and oxygen atoms in total. The van der Waals surface area contributed by atoms with Gasteiger partial charge in [-0.05, 0) is 32.4 Å². The molecule has 0 unspecified atom stereocenters. The molecule has 11 heavy (non-hydrogen) atoms. The lowest BCUT2D eigenvalue weighted by Crippen LogP contribution is -2.34. The van der Waals surface area contributed by atoms with Crippen molar-refractivity contribution in [1.82, 2.24) is 4.90 Å². The molecule has 0 bridgehead atoms. The lowest BCUT2D eigenvalue weighted by molar-refractivity contribution is 0.236. The van der Waals surface area contributed by atoms with Gasteiger partial charge in [0.2, 0.25) is 0 Å². The summed E-state index contributed by atoms with van der Waals surface area (Å²) in [6, 6.07) is 0.735. The minimum Gasteiger partial charge on any atom is -0.297 e. The average molecular weight is 153 g/mol. The van der Waals surface area contributed by atoms with Crippen molar-refractivity contribution >= 4 is 0 Å². The lowest BCUT2D eigenvalue weighted by atomic mass is 10.0. The van der Waals surface area contributed by atoms with Crippen molar-refractivity contribution in [3.05, 3.63) is 12.2 Å². The van der Waals surface area contributed by atoms with Gasteiger partial charge in [0, 0.05) is 6.04 Å². The number of rotatable bonds is 3. The monoisotopic (exact) mass is 153 g/mol. The standard InChI is InChI=1S/C10H19N/c1-3-11(4-2)10-8-6-5-7-9-10/h6,8,10H,3-5,7,9H2,1-2H3/t10-/m1/s1. The van der Waals surface area contributed by atoms with Crippen molar-refractivity contribution in [1.29, 1.82) is 0 Å². The summed E-state index contributed by atoms with van der Waals surface area (Å²) in [5, 5.41) is 0. The van der Waals surface area contributed by atoms with Gasteiger partial charge in [-0.25, -0.2) is 0 Å². The Hall–Kier alpha value is -0.300. The van der Waals surface area contributed by atoms with Gasteiger partial charge in [0.15, 0.2) is 0 Å². The second-order valence-electron chi connectivity index (χ2n) is 3.15. The number of hydrogen-bond acceptors (Lipinski definition) is 1. The number of likely N-dealkylation sites (N-methyl/N-ethyl adjacent to an activating group) is 1. The summed E-state index contributed by atoms with van der Waals surface area (Å²) < 4.78 is 0. The number of hydrogen-bond donors (Lipinski definition) is 0. The van der Waals surface area contributed by atoms with Gasteiger partial charge >= 0.3 is 0 Å². The fourth-order valence-corrected chi connectivity index (χ4v) is 1.79. The fraction of sp³-hybridized carbons (Fsp3) is 0.800. The minimum atomic E-state index is 0.735. The highest BCUT2D eigenvalue weighted by Gasteiger charge is 2.13. The maximum atomic E-state index is 2.52. The van der Waals surface area contributed by atoms with Gasteiger partial charge in [-0.1, -0.05) is 26.0 Å². The average Bonchev–Trinajstić information content (AvgIpc) is 2.09. The summed E-state index contributed by atoms with van der Waals surface area (Å²) in [4.78, 5) is 2.52. The van der Waals surface area contributed by atoms with E-state index in [4.69, 9.17) is 0 Å². The van der Waals surface area contributed by atoms with Gasteiger partial charge in [0.05, 0.1) is 0 Å². The smallest absolute Gasteiger partial charge is 0.0278 e. The van der Waals surface area contributed by atoms with Crippen LogP contribution in [0.15, 0.2) is 12.2 Å². The van der Waals surface area contributed by atoms with Crippen molar-refractivity contribution in [3.63, 3.8) is 0 Å². The highest BCUT2D eigenvalue weighted by molar-refractivity contribution is 4.98. The van der Waals surface area contributed by atoms with E-state index < -0.39 is 0 Å². The van der Waals surface area contributed by atoms with Gasteiger partial charge in [-0.2, -0.15) is 0 Å². The van der Waals surface area contributed by atoms with Crippen LogP contribution in [0, 0.1) is 0 Å². The van der Waals surface area contributed by atoms with E-state index in [-0.39, 0.29) is 0 Å². The maximum Gasteiger partial charge on any atom is 0.0278 e. The van der Waals surface area contributed by atoms with Crippen LogP contribution in [0.1, 0.15) is 33.1 Å². The van der Waals surface area contributed by atoms with Crippen LogP contribution in [-0.2, 0) is 0 Å². The molecule has 0 spiro atoms. The van der Waals surface area contributed by atoms with Crippen LogP contribution in [0.5, 0.6) is 0 Å². The van der Waals surface area contributed by atoms with Crippen LogP contribution in [0.4, 0.5) is 0 Å². The Kier molecular flexibility index (Phi) is 3.64. The molecule has 0 N–H and O–H groups in total. The zero-order valence-corrected chi connectivity index (χ0v) is 7.71. The van der Waals surface area contributed by atoms with Crippen molar-refractivity contribution in [2.75, 3.05) is 13.1 Å². The SMILES string of the molecule is CCN(CC)[C@@H]1C=CCCC1. The molecule has 0 radical (unpaired) electrons. The Bertz CT molecular complexity index is 125. The first-order chi connectivity index (χ1) is 5.38. The largest absolute Gasteiger partial charge is 0.297 e. The Labute approximate surface area is 70.1 Å². The molecule has 0 saturated heterocycles. The minimum absolute atomic E-state index is 0.735. The van der Waals surface area contributed by atoms with Crippen molar-refractivity contribution in [3.8, 4) is 0 Å². The number of nitrogens with zero attached hydrogens (tertiary/aromatic N) is 1. The van der Waals surface area contributed by atoms with E-state index in [0.29, 0.717) is 0 Å². The molecule has 0 saturated carbocycles. The zero-order valence-electron chi connectivity index (χ0n) is 7.71. The Morgan fingerprint density at radius 1 is 1.36 bits per heavy atom. The first kappa shape index (κ1) is 8.79. The molecule has 0 aromatic carbocycles. The second-order valence-corrected chi connectivity index (χ2v) is 3.15. The first-order valence-electron chi connectivity index (χ1n) is 4.79. The molecule has 1 atom stereocenters. The Morgan fingerprint density at radius 3 is 2.55 bits per heavy atom. The van der Waals surface area contributed by atoms with Crippen LogP contribution < -0.4 is 0 Å². The third kappa shape index (κ3) is 2.33. The summed E-state index contributed by atoms with van der Waals surface area (Å²) in [5.41, 5.74) is 0. The molecule has 0 aromatic heterocycles. The fourth-order valence-electron chi connectivity index (χ4n) is 1.79. The van der Waals surface area contributed by atoms with Crippen LogP contribution in [0.25, 0.3) is 0 Å². The molecule has 1 aliphatic rings. The summed E-state index contributed by atoms with van der Waals surface area (Å²) in [6.07, 6.45) is 8.72. The normalized spacial score (nSPS) is 24.5. The summed E-state index contributed by atoms with van der Waals surface area (Å²) in [5.74, 6) is 0. The van der Waals surface area contributed by atoms with E-state index in [1.54, 1.807) is 0 Å². The molecule has 0 fully saturated rings.